The maximum absolute atomic E-state index is 11.6. The zero-order valence-corrected chi connectivity index (χ0v) is 19.1. The quantitative estimate of drug-likeness (QED) is 0.491. The van der Waals surface area contributed by atoms with Gasteiger partial charge in [0.25, 0.3) is 0 Å². The first-order valence-corrected chi connectivity index (χ1v) is 12.4. The Morgan fingerprint density at radius 2 is 1.68 bits per heavy atom. The number of rotatable bonds is 4. The summed E-state index contributed by atoms with van der Waals surface area (Å²) in [6.45, 7) is 10.2. The van der Waals surface area contributed by atoms with Gasteiger partial charge in [-0.3, -0.25) is 4.79 Å². The molecule has 0 aromatic heterocycles. The van der Waals surface area contributed by atoms with E-state index in [-0.39, 0.29) is 5.97 Å². The Hall–Kier alpha value is -0.530. The Balaban J connectivity index is 1.47. The normalized spacial score (nSPS) is 48.9. The fourth-order valence-corrected chi connectivity index (χ4v) is 9.23. The minimum absolute atomic E-state index is 0.0339. The topological polar surface area (TPSA) is 26.3 Å². The van der Waals surface area contributed by atoms with Gasteiger partial charge in [0.2, 0.25) is 0 Å². The van der Waals surface area contributed by atoms with E-state index in [2.05, 4.69) is 27.7 Å². The molecule has 4 fully saturated rings. The lowest BCUT2D eigenvalue weighted by Crippen LogP contribution is -2.52. The molecule has 0 radical (unpaired) electrons. The van der Waals surface area contributed by atoms with E-state index in [0.717, 1.165) is 41.9 Å². The highest BCUT2D eigenvalue weighted by molar-refractivity contribution is 5.69. The molecule has 28 heavy (non-hydrogen) atoms. The van der Waals surface area contributed by atoms with E-state index in [1.54, 1.807) is 0 Å². The SMILES string of the molecule is COC(=O)CC[C@@H](C)[C@H]1CCC2C3CC[C@@]4(C)C[C@@H](C)CC[C@@H]4C3CC[C@@]21C. The molecule has 0 saturated heterocycles. The first-order valence-electron chi connectivity index (χ1n) is 12.4. The van der Waals surface area contributed by atoms with Crippen molar-refractivity contribution in [3.63, 3.8) is 0 Å². The van der Waals surface area contributed by atoms with Gasteiger partial charge in [0.1, 0.15) is 0 Å². The monoisotopic (exact) mass is 388 g/mol. The van der Waals surface area contributed by atoms with Gasteiger partial charge in [0.15, 0.2) is 0 Å². The predicted octanol–water partition coefficient (Wildman–Crippen LogP) is 6.87. The molecule has 0 aromatic carbocycles. The summed E-state index contributed by atoms with van der Waals surface area (Å²) in [5.74, 6) is 6.31. The van der Waals surface area contributed by atoms with E-state index in [0.29, 0.717) is 23.2 Å². The molecule has 160 valence electrons. The van der Waals surface area contributed by atoms with E-state index in [1.165, 1.54) is 64.9 Å². The fourth-order valence-electron chi connectivity index (χ4n) is 9.23. The van der Waals surface area contributed by atoms with Gasteiger partial charge in [-0.15, -0.1) is 0 Å². The van der Waals surface area contributed by atoms with Crippen LogP contribution in [0.25, 0.3) is 0 Å². The second kappa shape index (κ2) is 7.62. The maximum atomic E-state index is 11.6. The van der Waals surface area contributed by atoms with Crippen LogP contribution < -0.4 is 0 Å². The number of hydrogen-bond donors (Lipinski definition) is 0. The minimum atomic E-state index is -0.0339. The van der Waals surface area contributed by atoms with Crippen molar-refractivity contribution in [3.8, 4) is 0 Å². The van der Waals surface area contributed by atoms with Gasteiger partial charge < -0.3 is 4.74 Å². The third-order valence-corrected chi connectivity index (χ3v) is 10.5. The largest absolute Gasteiger partial charge is 0.469 e. The number of fused-ring (bicyclic) bond motifs is 5. The first-order chi connectivity index (χ1) is 13.3. The van der Waals surface area contributed by atoms with Crippen molar-refractivity contribution in [1.82, 2.24) is 0 Å². The number of methoxy groups -OCH3 is 1. The van der Waals surface area contributed by atoms with Crippen molar-refractivity contribution in [3.05, 3.63) is 0 Å². The van der Waals surface area contributed by atoms with Crippen LogP contribution in [0, 0.1) is 52.3 Å². The predicted molar refractivity (Wildman–Crippen MR) is 115 cm³/mol. The highest BCUT2D eigenvalue weighted by atomic mass is 16.5. The number of carbonyl (C=O) groups is 1. The van der Waals surface area contributed by atoms with Crippen molar-refractivity contribution < 1.29 is 9.53 Å². The third kappa shape index (κ3) is 3.35. The van der Waals surface area contributed by atoms with Crippen molar-refractivity contribution >= 4 is 5.97 Å². The van der Waals surface area contributed by atoms with Gasteiger partial charge in [0, 0.05) is 6.42 Å². The Kier molecular flexibility index (Phi) is 5.64. The van der Waals surface area contributed by atoms with E-state index >= 15 is 0 Å². The summed E-state index contributed by atoms with van der Waals surface area (Å²) in [4.78, 5) is 11.6. The highest BCUT2D eigenvalue weighted by Crippen LogP contribution is 2.67. The van der Waals surface area contributed by atoms with Crippen LogP contribution in [-0.4, -0.2) is 13.1 Å². The van der Waals surface area contributed by atoms with Crippen LogP contribution in [0.2, 0.25) is 0 Å². The highest BCUT2D eigenvalue weighted by Gasteiger charge is 2.59. The zero-order valence-electron chi connectivity index (χ0n) is 19.1. The van der Waals surface area contributed by atoms with Crippen LogP contribution in [0.15, 0.2) is 0 Å². The van der Waals surface area contributed by atoms with Gasteiger partial charge in [-0.1, -0.05) is 34.1 Å². The summed E-state index contributed by atoms with van der Waals surface area (Å²) in [6.07, 6.45) is 14.8. The van der Waals surface area contributed by atoms with Crippen LogP contribution in [0.1, 0.15) is 98.3 Å². The Labute approximate surface area is 173 Å². The van der Waals surface area contributed by atoms with Gasteiger partial charge in [-0.25, -0.2) is 0 Å². The molecule has 4 aliphatic rings. The molecular formula is C26H44O2. The van der Waals surface area contributed by atoms with Crippen molar-refractivity contribution in [1.29, 1.82) is 0 Å². The van der Waals surface area contributed by atoms with Crippen molar-refractivity contribution in [2.24, 2.45) is 52.3 Å². The van der Waals surface area contributed by atoms with Crippen LogP contribution in [0.5, 0.6) is 0 Å². The average molecular weight is 389 g/mol. The molecule has 9 atom stereocenters. The summed E-state index contributed by atoms with van der Waals surface area (Å²) < 4.78 is 4.89. The fraction of sp³-hybridized carbons (Fsp3) is 0.962. The van der Waals surface area contributed by atoms with Gasteiger partial charge in [-0.05, 0) is 110 Å². The standard InChI is InChI=1S/C26H44O2/c1-17-6-8-22-19-13-15-26(4)21(18(2)7-11-24(27)28-5)9-10-23(26)20(19)12-14-25(22,3)16-17/h17-23H,6-16H2,1-5H3/t17-,18+,19?,20?,21+,22+,23?,25-,26+/m0/s1. The Morgan fingerprint density at radius 3 is 2.43 bits per heavy atom. The summed E-state index contributed by atoms with van der Waals surface area (Å²) >= 11 is 0. The lowest BCUT2D eigenvalue weighted by molar-refractivity contribution is -0.141. The Morgan fingerprint density at radius 1 is 1.00 bits per heavy atom. The summed E-state index contributed by atoms with van der Waals surface area (Å²) in [5, 5.41) is 0. The third-order valence-electron chi connectivity index (χ3n) is 10.5. The van der Waals surface area contributed by atoms with Crippen LogP contribution in [0.3, 0.4) is 0 Å². The van der Waals surface area contributed by atoms with Crippen LogP contribution in [-0.2, 0) is 9.53 Å². The molecule has 2 nitrogen and oxygen atoms in total. The molecule has 0 aromatic rings. The van der Waals surface area contributed by atoms with Crippen LogP contribution in [0.4, 0.5) is 0 Å². The smallest absolute Gasteiger partial charge is 0.305 e. The number of ether oxygens (including phenoxy) is 1. The van der Waals surface area contributed by atoms with Gasteiger partial charge in [-0.2, -0.15) is 0 Å². The average Bonchev–Trinajstić information content (AvgIpc) is 3.02. The molecule has 0 N–H and O–H groups in total. The second-order valence-electron chi connectivity index (χ2n) is 11.9. The first kappa shape index (κ1) is 20.7. The van der Waals surface area contributed by atoms with E-state index in [9.17, 15) is 4.79 Å². The van der Waals surface area contributed by atoms with E-state index < -0.39 is 0 Å². The molecule has 4 aliphatic carbocycles. The molecule has 0 bridgehead atoms. The van der Waals surface area contributed by atoms with Gasteiger partial charge >= 0.3 is 5.97 Å². The molecule has 0 amide bonds. The molecule has 4 saturated carbocycles. The summed E-state index contributed by atoms with van der Waals surface area (Å²) in [5.41, 5.74) is 1.16. The van der Waals surface area contributed by atoms with E-state index in [4.69, 9.17) is 4.74 Å². The van der Waals surface area contributed by atoms with Crippen molar-refractivity contribution in [2.75, 3.05) is 7.11 Å². The number of carbonyl (C=O) groups excluding carboxylic acids is 1. The summed E-state index contributed by atoms with van der Waals surface area (Å²) in [6, 6.07) is 0. The lowest BCUT2D eigenvalue weighted by Gasteiger charge is -2.60. The number of hydrogen-bond acceptors (Lipinski definition) is 2. The molecular weight excluding hydrogens is 344 g/mol. The second-order valence-corrected chi connectivity index (χ2v) is 11.9. The molecule has 2 heteroatoms. The molecule has 4 rings (SSSR count). The van der Waals surface area contributed by atoms with Crippen molar-refractivity contribution in [2.45, 2.75) is 98.3 Å². The molecule has 3 unspecified atom stereocenters. The minimum Gasteiger partial charge on any atom is -0.469 e. The van der Waals surface area contributed by atoms with Crippen LogP contribution >= 0.6 is 0 Å². The maximum Gasteiger partial charge on any atom is 0.305 e. The molecule has 0 heterocycles. The van der Waals surface area contributed by atoms with Gasteiger partial charge in [0.05, 0.1) is 7.11 Å². The number of esters is 1. The summed E-state index contributed by atoms with van der Waals surface area (Å²) in [7, 11) is 1.52. The lowest BCUT2D eigenvalue weighted by atomic mass is 9.45. The van der Waals surface area contributed by atoms with E-state index in [1.807, 2.05) is 0 Å². The Bertz CT molecular complexity index is 585. The molecule has 0 spiro atoms. The zero-order chi connectivity index (χ0) is 20.1. The molecule has 0 aliphatic heterocycles.